The highest BCUT2D eigenvalue weighted by atomic mass is 32.2. The third-order valence-electron chi connectivity index (χ3n) is 5.48. The summed E-state index contributed by atoms with van der Waals surface area (Å²) in [6.45, 7) is 0.344. The highest BCUT2D eigenvalue weighted by molar-refractivity contribution is 7.92. The van der Waals surface area contributed by atoms with Gasteiger partial charge < -0.3 is 5.32 Å². The van der Waals surface area contributed by atoms with Crippen LogP contribution in [0.15, 0.2) is 88.7 Å². The van der Waals surface area contributed by atoms with Crippen molar-refractivity contribution in [3.8, 4) is 0 Å². The van der Waals surface area contributed by atoms with Crippen LogP contribution in [0.5, 0.6) is 0 Å². The molecule has 33 heavy (non-hydrogen) atoms. The Bertz CT molecular complexity index is 1360. The molecule has 3 aromatic rings. The highest BCUT2D eigenvalue weighted by Gasteiger charge is 2.29. The highest BCUT2D eigenvalue weighted by Crippen LogP contribution is 2.34. The Morgan fingerprint density at radius 2 is 1.48 bits per heavy atom. The van der Waals surface area contributed by atoms with Crippen LogP contribution in [0.25, 0.3) is 0 Å². The molecule has 0 spiro atoms. The first-order valence-electron chi connectivity index (χ1n) is 10.6. The number of hydrogen-bond acceptors (Lipinski definition) is 5. The topological polar surface area (TPSA) is 101 Å². The van der Waals surface area contributed by atoms with E-state index in [1.54, 1.807) is 66.7 Å². The second-order valence-electron chi connectivity index (χ2n) is 7.77. The van der Waals surface area contributed by atoms with Gasteiger partial charge in [0, 0.05) is 18.7 Å². The third kappa shape index (κ3) is 5.09. The molecule has 0 saturated heterocycles. The molecule has 0 fully saturated rings. The Hall–Kier alpha value is -3.17. The number of fused-ring (bicyclic) bond motifs is 1. The minimum atomic E-state index is -3.74. The Morgan fingerprint density at radius 1 is 0.848 bits per heavy atom. The van der Waals surface area contributed by atoms with Gasteiger partial charge in [0.1, 0.15) is 0 Å². The standard InChI is InChI=1S/C24H24N2O5S2/c27-24(15-17-32(28,29)21-9-3-1-4-10-21)25-20-14-13-19-8-7-16-26(23(19)18-20)33(30,31)22-11-5-2-6-12-22/h1-6,9-14,18H,7-8,15-17H2,(H,25,27). The fourth-order valence-electron chi connectivity index (χ4n) is 3.78. The van der Waals surface area contributed by atoms with E-state index in [2.05, 4.69) is 5.32 Å². The quantitative estimate of drug-likeness (QED) is 0.552. The number of sulfone groups is 1. The first kappa shape index (κ1) is 23.0. The van der Waals surface area contributed by atoms with Gasteiger partial charge in [0.25, 0.3) is 10.0 Å². The van der Waals surface area contributed by atoms with Crippen LogP contribution in [0.4, 0.5) is 11.4 Å². The Labute approximate surface area is 194 Å². The van der Waals surface area contributed by atoms with Crippen molar-refractivity contribution in [1.82, 2.24) is 0 Å². The summed E-state index contributed by atoms with van der Waals surface area (Å²) in [6, 6.07) is 21.4. The molecule has 0 saturated carbocycles. The summed E-state index contributed by atoms with van der Waals surface area (Å²) in [6.07, 6.45) is 1.22. The van der Waals surface area contributed by atoms with Crippen LogP contribution in [0, 0.1) is 0 Å². The number of carbonyl (C=O) groups is 1. The van der Waals surface area contributed by atoms with Crippen molar-refractivity contribution in [2.75, 3.05) is 21.9 Å². The molecule has 0 radical (unpaired) electrons. The molecular formula is C24H24N2O5S2. The molecule has 1 N–H and O–H groups in total. The molecule has 7 nitrogen and oxygen atoms in total. The lowest BCUT2D eigenvalue weighted by Gasteiger charge is -2.31. The monoisotopic (exact) mass is 484 g/mol. The van der Waals surface area contributed by atoms with Crippen LogP contribution in [-0.4, -0.2) is 35.0 Å². The number of benzene rings is 3. The van der Waals surface area contributed by atoms with Gasteiger partial charge in [-0.2, -0.15) is 0 Å². The van der Waals surface area contributed by atoms with Crippen molar-refractivity contribution >= 4 is 37.1 Å². The summed E-state index contributed by atoms with van der Waals surface area (Å²) in [7, 11) is -7.31. The normalized spacial score (nSPS) is 13.9. The maximum atomic E-state index is 13.2. The second-order valence-corrected chi connectivity index (χ2v) is 11.7. The number of nitrogens with zero attached hydrogens (tertiary/aromatic N) is 1. The van der Waals surface area contributed by atoms with E-state index in [4.69, 9.17) is 0 Å². The van der Waals surface area contributed by atoms with Gasteiger partial charge in [0.15, 0.2) is 9.84 Å². The van der Waals surface area contributed by atoms with Gasteiger partial charge in [0.2, 0.25) is 5.91 Å². The number of rotatable bonds is 7. The van der Waals surface area contributed by atoms with Crippen molar-refractivity contribution in [2.24, 2.45) is 0 Å². The summed E-state index contributed by atoms with van der Waals surface area (Å²) in [5.41, 5.74) is 1.83. The van der Waals surface area contributed by atoms with Crippen LogP contribution < -0.4 is 9.62 Å². The predicted octanol–water partition coefficient (Wildman–Crippen LogP) is 3.63. The second kappa shape index (κ2) is 9.36. The molecule has 3 aromatic carbocycles. The van der Waals surface area contributed by atoms with E-state index in [0.717, 1.165) is 12.0 Å². The Morgan fingerprint density at radius 3 is 2.15 bits per heavy atom. The largest absolute Gasteiger partial charge is 0.326 e. The molecule has 0 atom stereocenters. The summed E-state index contributed by atoms with van der Waals surface area (Å²) >= 11 is 0. The molecule has 0 aliphatic carbocycles. The minimum absolute atomic E-state index is 0.174. The Balaban J connectivity index is 1.51. The van der Waals surface area contributed by atoms with E-state index < -0.39 is 25.8 Å². The number of amides is 1. The lowest BCUT2D eigenvalue weighted by molar-refractivity contribution is -0.115. The van der Waals surface area contributed by atoms with Crippen LogP contribution >= 0.6 is 0 Å². The molecule has 172 valence electrons. The van der Waals surface area contributed by atoms with Crippen LogP contribution in [-0.2, 0) is 31.1 Å². The predicted molar refractivity (Wildman–Crippen MR) is 127 cm³/mol. The zero-order valence-electron chi connectivity index (χ0n) is 17.8. The molecule has 0 bridgehead atoms. The number of hydrogen-bond donors (Lipinski definition) is 1. The molecular weight excluding hydrogens is 460 g/mol. The summed E-state index contributed by atoms with van der Waals surface area (Å²) < 4.78 is 52.6. The lowest BCUT2D eigenvalue weighted by Crippen LogP contribution is -2.35. The number of anilines is 2. The van der Waals surface area contributed by atoms with Crippen molar-refractivity contribution in [3.05, 3.63) is 84.4 Å². The van der Waals surface area contributed by atoms with Crippen LogP contribution in [0.1, 0.15) is 18.4 Å². The van der Waals surface area contributed by atoms with Crippen molar-refractivity contribution in [3.63, 3.8) is 0 Å². The van der Waals surface area contributed by atoms with E-state index in [1.807, 2.05) is 0 Å². The first-order valence-corrected chi connectivity index (χ1v) is 13.6. The van der Waals surface area contributed by atoms with Gasteiger partial charge in [-0.25, -0.2) is 16.8 Å². The van der Waals surface area contributed by atoms with Crippen molar-refractivity contribution in [1.29, 1.82) is 0 Å². The van der Waals surface area contributed by atoms with E-state index in [-0.39, 0.29) is 22.0 Å². The average Bonchev–Trinajstić information content (AvgIpc) is 2.83. The van der Waals surface area contributed by atoms with Gasteiger partial charge >= 0.3 is 0 Å². The average molecular weight is 485 g/mol. The van der Waals surface area contributed by atoms with Gasteiger partial charge in [-0.15, -0.1) is 0 Å². The maximum absolute atomic E-state index is 13.2. The number of carbonyl (C=O) groups excluding carboxylic acids is 1. The maximum Gasteiger partial charge on any atom is 0.264 e. The van der Waals surface area contributed by atoms with Crippen molar-refractivity contribution < 1.29 is 21.6 Å². The Kier molecular flexibility index (Phi) is 6.53. The minimum Gasteiger partial charge on any atom is -0.326 e. The van der Waals surface area contributed by atoms with E-state index in [0.29, 0.717) is 24.3 Å². The van der Waals surface area contributed by atoms with Gasteiger partial charge in [-0.3, -0.25) is 9.10 Å². The first-order chi connectivity index (χ1) is 15.8. The number of nitrogens with one attached hydrogen (secondary N) is 1. The summed E-state index contributed by atoms with van der Waals surface area (Å²) in [4.78, 5) is 12.8. The smallest absolute Gasteiger partial charge is 0.264 e. The summed E-state index contributed by atoms with van der Waals surface area (Å²) in [5, 5.41) is 2.70. The fraction of sp³-hybridized carbons (Fsp3) is 0.208. The zero-order chi connectivity index (χ0) is 23.5. The molecule has 9 heteroatoms. The SMILES string of the molecule is O=C(CCS(=O)(=O)c1ccccc1)Nc1ccc2c(c1)N(S(=O)(=O)c1ccccc1)CCC2. The number of sulfonamides is 1. The van der Waals surface area contributed by atoms with Crippen LogP contribution in [0.3, 0.4) is 0 Å². The third-order valence-corrected chi connectivity index (χ3v) is 9.04. The van der Waals surface area contributed by atoms with Crippen molar-refractivity contribution in [2.45, 2.75) is 29.1 Å². The molecule has 4 rings (SSSR count). The van der Waals surface area contributed by atoms with E-state index in [9.17, 15) is 21.6 Å². The van der Waals surface area contributed by atoms with Gasteiger partial charge in [-0.05, 0) is 54.8 Å². The molecule has 0 aromatic heterocycles. The molecule has 1 heterocycles. The van der Waals surface area contributed by atoms with Gasteiger partial charge in [0.05, 0.1) is 21.2 Å². The molecule has 1 amide bonds. The van der Waals surface area contributed by atoms with Crippen LogP contribution in [0.2, 0.25) is 0 Å². The van der Waals surface area contributed by atoms with E-state index in [1.165, 1.54) is 16.4 Å². The van der Waals surface area contributed by atoms with E-state index >= 15 is 0 Å². The lowest BCUT2D eigenvalue weighted by atomic mass is 10.0. The number of aryl methyl sites for hydroxylation is 1. The molecule has 0 unspecified atom stereocenters. The molecule has 1 aliphatic rings. The zero-order valence-corrected chi connectivity index (χ0v) is 19.5. The van der Waals surface area contributed by atoms with Gasteiger partial charge in [-0.1, -0.05) is 42.5 Å². The molecule has 1 aliphatic heterocycles. The summed E-state index contributed by atoms with van der Waals surface area (Å²) in [5.74, 6) is -0.773. The fourth-order valence-corrected chi connectivity index (χ4v) is 6.60.